The molecule has 9 heteroatoms. The molecule has 0 atom stereocenters. The van der Waals surface area contributed by atoms with Crippen LogP contribution in [-0.4, -0.2) is 22.9 Å². The summed E-state index contributed by atoms with van der Waals surface area (Å²) in [4.78, 5) is 26.1. The van der Waals surface area contributed by atoms with Crippen molar-refractivity contribution in [3.8, 4) is 5.75 Å². The normalized spacial score (nSPS) is 10.1. The molecule has 1 aromatic carbocycles. The molecule has 1 amide bonds. The van der Waals surface area contributed by atoms with Crippen LogP contribution >= 0.6 is 11.3 Å². The molecule has 0 saturated heterocycles. The van der Waals surface area contributed by atoms with Crippen LogP contribution in [0.3, 0.4) is 0 Å². The van der Waals surface area contributed by atoms with Crippen LogP contribution in [0.5, 0.6) is 5.75 Å². The smallest absolute Gasteiger partial charge is 0.271 e. The number of ether oxygens (including phenoxy) is 1. The van der Waals surface area contributed by atoms with Gasteiger partial charge in [0.15, 0.2) is 5.13 Å². The molecule has 110 valence electrons. The maximum atomic E-state index is 11.9. The van der Waals surface area contributed by atoms with Crippen LogP contribution in [0, 0.1) is 10.1 Å². The summed E-state index contributed by atoms with van der Waals surface area (Å²) in [6.07, 6.45) is 0.0273. The molecule has 0 spiro atoms. The highest BCUT2D eigenvalue weighted by Crippen LogP contribution is 2.29. The summed E-state index contributed by atoms with van der Waals surface area (Å²) in [5.74, 6) is -0.0224. The van der Waals surface area contributed by atoms with Crippen LogP contribution in [0.4, 0.5) is 16.5 Å². The number of methoxy groups -OCH3 is 1. The summed E-state index contributed by atoms with van der Waals surface area (Å²) < 4.78 is 5.06. The van der Waals surface area contributed by atoms with Gasteiger partial charge in [-0.25, -0.2) is 4.98 Å². The van der Waals surface area contributed by atoms with Gasteiger partial charge in [-0.15, -0.1) is 11.3 Å². The predicted molar refractivity (Wildman–Crippen MR) is 78.5 cm³/mol. The Kier molecular flexibility index (Phi) is 4.33. The lowest BCUT2D eigenvalue weighted by Gasteiger charge is -2.09. The molecule has 0 aliphatic rings. The zero-order chi connectivity index (χ0) is 15.4. The zero-order valence-electron chi connectivity index (χ0n) is 11.0. The van der Waals surface area contributed by atoms with Crippen LogP contribution in [0.15, 0.2) is 23.6 Å². The van der Waals surface area contributed by atoms with Crippen LogP contribution in [0.25, 0.3) is 0 Å². The number of benzene rings is 1. The Morgan fingerprint density at radius 1 is 1.57 bits per heavy atom. The number of amides is 1. The summed E-state index contributed by atoms with van der Waals surface area (Å²) in [7, 11) is 1.41. The first kappa shape index (κ1) is 14.7. The van der Waals surface area contributed by atoms with Gasteiger partial charge < -0.3 is 15.8 Å². The predicted octanol–water partition coefficient (Wildman–Crippen LogP) is 1.82. The molecule has 1 aromatic heterocycles. The van der Waals surface area contributed by atoms with Gasteiger partial charge in [-0.1, -0.05) is 0 Å². The lowest BCUT2D eigenvalue weighted by atomic mass is 10.2. The first-order chi connectivity index (χ1) is 9.99. The summed E-state index contributed by atoms with van der Waals surface area (Å²) in [6.45, 7) is 0. The Labute approximate surface area is 123 Å². The van der Waals surface area contributed by atoms with Crippen molar-refractivity contribution in [1.29, 1.82) is 0 Å². The number of hydrogen-bond donors (Lipinski definition) is 2. The first-order valence-corrected chi connectivity index (χ1v) is 6.69. The Bertz CT molecular complexity index is 686. The quantitative estimate of drug-likeness (QED) is 0.642. The van der Waals surface area contributed by atoms with Crippen molar-refractivity contribution in [2.75, 3.05) is 18.2 Å². The van der Waals surface area contributed by atoms with E-state index in [1.54, 1.807) is 5.38 Å². The number of nitro benzene ring substituents is 1. The minimum Gasteiger partial charge on any atom is -0.495 e. The topological polar surface area (TPSA) is 120 Å². The molecule has 8 nitrogen and oxygen atoms in total. The zero-order valence-corrected chi connectivity index (χ0v) is 11.8. The Hall–Kier alpha value is -2.68. The molecule has 0 aliphatic heterocycles. The van der Waals surface area contributed by atoms with E-state index in [9.17, 15) is 14.9 Å². The highest BCUT2D eigenvalue weighted by molar-refractivity contribution is 7.13. The lowest BCUT2D eigenvalue weighted by Crippen LogP contribution is -2.15. The molecule has 0 aliphatic carbocycles. The van der Waals surface area contributed by atoms with Crippen molar-refractivity contribution in [2.24, 2.45) is 0 Å². The number of nitrogens with zero attached hydrogens (tertiary/aromatic N) is 2. The Balaban J connectivity index is 2.15. The monoisotopic (exact) mass is 308 g/mol. The second-order valence-electron chi connectivity index (χ2n) is 4.04. The van der Waals surface area contributed by atoms with Crippen LogP contribution in [0.1, 0.15) is 5.69 Å². The van der Waals surface area contributed by atoms with Gasteiger partial charge in [0.25, 0.3) is 5.69 Å². The van der Waals surface area contributed by atoms with E-state index in [-0.39, 0.29) is 23.7 Å². The number of non-ortho nitro benzene ring substituents is 1. The van der Waals surface area contributed by atoms with Crippen molar-refractivity contribution in [2.45, 2.75) is 6.42 Å². The average molecular weight is 308 g/mol. The molecule has 0 fully saturated rings. The molecular weight excluding hydrogens is 296 g/mol. The number of nitrogens with one attached hydrogen (secondary N) is 1. The van der Waals surface area contributed by atoms with Gasteiger partial charge in [0.2, 0.25) is 5.91 Å². The highest BCUT2D eigenvalue weighted by Gasteiger charge is 2.14. The number of aromatic nitrogens is 1. The fourth-order valence-corrected chi connectivity index (χ4v) is 2.23. The van der Waals surface area contributed by atoms with E-state index in [4.69, 9.17) is 10.5 Å². The van der Waals surface area contributed by atoms with Gasteiger partial charge in [0.1, 0.15) is 5.75 Å². The fraction of sp³-hybridized carbons (Fsp3) is 0.167. The number of carbonyl (C=O) groups excluding carboxylic acids is 1. The van der Waals surface area contributed by atoms with E-state index in [1.807, 2.05) is 0 Å². The number of hydrogen-bond acceptors (Lipinski definition) is 7. The van der Waals surface area contributed by atoms with Gasteiger partial charge in [0.05, 0.1) is 29.8 Å². The maximum Gasteiger partial charge on any atom is 0.271 e. The summed E-state index contributed by atoms with van der Waals surface area (Å²) in [5, 5.41) is 15.4. The summed E-state index contributed by atoms with van der Waals surface area (Å²) in [5.41, 5.74) is 6.13. The van der Waals surface area contributed by atoms with Gasteiger partial charge in [0, 0.05) is 17.5 Å². The molecule has 0 unspecified atom stereocenters. The van der Waals surface area contributed by atoms with Crippen LogP contribution in [-0.2, 0) is 11.2 Å². The van der Waals surface area contributed by atoms with Crippen molar-refractivity contribution < 1.29 is 14.5 Å². The largest absolute Gasteiger partial charge is 0.495 e. The molecule has 0 bridgehead atoms. The third kappa shape index (κ3) is 3.66. The van der Waals surface area contributed by atoms with E-state index in [0.29, 0.717) is 16.6 Å². The number of rotatable bonds is 5. The van der Waals surface area contributed by atoms with E-state index < -0.39 is 4.92 Å². The number of carbonyl (C=O) groups is 1. The second kappa shape index (κ2) is 6.18. The first-order valence-electron chi connectivity index (χ1n) is 5.81. The molecule has 1 heterocycles. The summed E-state index contributed by atoms with van der Waals surface area (Å²) >= 11 is 1.24. The number of thiazole rings is 1. The number of nitro groups is 1. The molecule has 0 radical (unpaired) electrons. The van der Waals surface area contributed by atoms with E-state index in [0.717, 1.165) is 0 Å². The summed E-state index contributed by atoms with van der Waals surface area (Å²) in [6, 6.07) is 3.97. The molecule has 3 N–H and O–H groups in total. The molecular formula is C12H12N4O4S. The molecule has 21 heavy (non-hydrogen) atoms. The third-order valence-electron chi connectivity index (χ3n) is 2.58. The SMILES string of the molecule is COc1ccc([N+](=O)[O-])cc1NC(=O)Cc1csc(N)n1. The fourth-order valence-electron chi connectivity index (χ4n) is 1.67. The second-order valence-corrected chi connectivity index (χ2v) is 4.93. The van der Waals surface area contributed by atoms with Crippen molar-refractivity contribution in [1.82, 2.24) is 4.98 Å². The van der Waals surface area contributed by atoms with Crippen LogP contribution < -0.4 is 15.8 Å². The Morgan fingerprint density at radius 2 is 2.33 bits per heavy atom. The number of anilines is 2. The van der Waals surface area contributed by atoms with Gasteiger partial charge in [-0.3, -0.25) is 14.9 Å². The van der Waals surface area contributed by atoms with Crippen LogP contribution in [0.2, 0.25) is 0 Å². The molecule has 2 aromatic rings. The lowest BCUT2D eigenvalue weighted by molar-refractivity contribution is -0.384. The Morgan fingerprint density at radius 3 is 2.90 bits per heavy atom. The van der Waals surface area contributed by atoms with Gasteiger partial charge in [-0.2, -0.15) is 0 Å². The highest BCUT2D eigenvalue weighted by atomic mass is 32.1. The number of nitrogen functional groups attached to an aromatic ring is 1. The van der Waals surface area contributed by atoms with Gasteiger partial charge >= 0.3 is 0 Å². The van der Waals surface area contributed by atoms with E-state index in [1.165, 1.54) is 36.6 Å². The van der Waals surface area contributed by atoms with Crippen molar-refractivity contribution in [3.63, 3.8) is 0 Å². The third-order valence-corrected chi connectivity index (χ3v) is 3.30. The van der Waals surface area contributed by atoms with E-state index >= 15 is 0 Å². The standard InChI is InChI=1S/C12H12N4O4S/c1-20-10-3-2-8(16(18)19)5-9(10)15-11(17)4-7-6-21-12(13)14-7/h2-3,5-6H,4H2,1H3,(H2,13,14)(H,15,17). The maximum absolute atomic E-state index is 11.9. The van der Waals surface area contributed by atoms with Crippen molar-refractivity contribution in [3.05, 3.63) is 39.4 Å². The minimum absolute atomic E-state index is 0.0273. The minimum atomic E-state index is -0.545. The van der Waals surface area contributed by atoms with Crippen molar-refractivity contribution >= 4 is 33.8 Å². The number of nitrogens with two attached hydrogens (primary N) is 1. The molecule has 0 saturated carbocycles. The van der Waals surface area contributed by atoms with E-state index in [2.05, 4.69) is 10.3 Å². The molecule has 2 rings (SSSR count). The van der Waals surface area contributed by atoms with Gasteiger partial charge in [-0.05, 0) is 6.07 Å². The average Bonchev–Trinajstić information content (AvgIpc) is 2.83.